The van der Waals surface area contributed by atoms with Gasteiger partial charge in [-0.1, -0.05) is 20.8 Å². The zero-order chi connectivity index (χ0) is 23.5. The predicted molar refractivity (Wildman–Crippen MR) is 118 cm³/mol. The molecule has 1 unspecified atom stereocenters. The molecule has 1 saturated heterocycles. The molecule has 174 valence electrons. The number of hydrogen-bond acceptors (Lipinski definition) is 5. The summed E-state index contributed by atoms with van der Waals surface area (Å²) in [5, 5.41) is 2.95. The Kier molecular flexibility index (Phi) is 12.1. The fourth-order valence-electron chi connectivity index (χ4n) is 3.15. The summed E-state index contributed by atoms with van der Waals surface area (Å²) in [5.41, 5.74) is -0.864. The van der Waals surface area contributed by atoms with Gasteiger partial charge in [0.25, 0.3) is 0 Å². The molecule has 1 aliphatic heterocycles. The fraction of sp³-hybridized carbons (Fsp3) is 0.826. The molecule has 1 N–H and O–H groups in total. The topological polar surface area (TPSA) is 92.8 Å². The third kappa shape index (κ3) is 10.3. The van der Waals surface area contributed by atoms with Crippen molar-refractivity contribution in [1.82, 2.24) is 10.2 Å². The molecule has 1 aliphatic rings. The Morgan fingerprint density at radius 1 is 1.10 bits per heavy atom. The highest BCUT2D eigenvalue weighted by Crippen LogP contribution is 2.22. The Bertz CT molecular complexity index is 598. The van der Waals surface area contributed by atoms with Crippen LogP contribution in [0.15, 0.2) is 0 Å². The number of imide groups is 1. The van der Waals surface area contributed by atoms with E-state index >= 15 is 0 Å². The van der Waals surface area contributed by atoms with E-state index in [0.29, 0.717) is 32.3 Å². The molecular formula is C23H42N2O5. The van der Waals surface area contributed by atoms with Gasteiger partial charge in [0, 0.05) is 43.9 Å². The van der Waals surface area contributed by atoms with Gasteiger partial charge in [0.05, 0.1) is 5.60 Å². The molecule has 1 fully saturated rings. The van der Waals surface area contributed by atoms with E-state index < -0.39 is 11.1 Å². The van der Waals surface area contributed by atoms with Crippen molar-refractivity contribution >= 4 is 23.5 Å². The second-order valence-corrected chi connectivity index (χ2v) is 8.94. The third-order valence-corrected chi connectivity index (χ3v) is 5.17. The maximum absolute atomic E-state index is 12.3. The quantitative estimate of drug-likeness (QED) is 0.481. The third-order valence-electron chi connectivity index (χ3n) is 5.17. The molecule has 1 heterocycles. The lowest BCUT2D eigenvalue weighted by Crippen LogP contribution is -2.46. The summed E-state index contributed by atoms with van der Waals surface area (Å²) < 4.78 is 5.89. The zero-order valence-corrected chi connectivity index (χ0v) is 20.2. The first-order valence-electron chi connectivity index (χ1n) is 11.2. The molecule has 0 aliphatic carbocycles. The monoisotopic (exact) mass is 426 g/mol. The van der Waals surface area contributed by atoms with Crippen LogP contribution in [0.1, 0.15) is 93.9 Å². The number of ketones is 1. The lowest BCUT2D eigenvalue weighted by atomic mass is 9.99. The van der Waals surface area contributed by atoms with E-state index in [1.165, 1.54) is 4.90 Å². The smallest absolute Gasteiger partial charge is 0.232 e. The Labute approximate surface area is 182 Å². The molecule has 7 nitrogen and oxygen atoms in total. The molecule has 0 aromatic rings. The molecule has 1 atom stereocenters. The maximum Gasteiger partial charge on any atom is 0.232 e. The van der Waals surface area contributed by atoms with Gasteiger partial charge < -0.3 is 14.8 Å². The SMILES string of the molecule is CC.CCC1CC(=O)N(CCC(=O)NC(C)(C)CCOC(C)(C)CCC(C)=O)C1=O. The van der Waals surface area contributed by atoms with Gasteiger partial charge in [0.1, 0.15) is 5.78 Å². The summed E-state index contributed by atoms with van der Waals surface area (Å²) in [5.74, 6) is -0.646. The molecule has 7 heteroatoms. The summed E-state index contributed by atoms with van der Waals surface area (Å²) in [6.45, 7) is 15.8. The van der Waals surface area contributed by atoms with Gasteiger partial charge in [-0.05, 0) is 53.9 Å². The maximum atomic E-state index is 12.3. The molecule has 0 bridgehead atoms. The second-order valence-electron chi connectivity index (χ2n) is 8.94. The van der Waals surface area contributed by atoms with E-state index in [2.05, 4.69) is 5.32 Å². The predicted octanol–water partition coefficient (Wildman–Crippen LogP) is 3.64. The van der Waals surface area contributed by atoms with Crippen molar-refractivity contribution in [2.45, 2.75) is 105 Å². The number of hydrogen-bond donors (Lipinski definition) is 1. The van der Waals surface area contributed by atoms with Crippen LogP contribution < -0.4 is 5.32 Å². The van der Waals surface area contributed by atoms with E-state index in [0.717, 1.165) is 0 Å². The van der Waals surface area contributed by atoms with Crippen LogP contribution in [0.25, 0.3) is 0 Å². The van der Waals surface area contributed by atoms with Crippen molar-refractivity contribution in [3.05, 3.63) is 0 Å². The summed E-state index contributed by atoms with van der Waals surface area (Å²) >= 11 is 0. The highest BCUT2D eigenvalue weighted by Gasteiger charge is 2.37. The van der Waals surface area contributed by atoms with Crippen molar-refractivity contribution < 1.29 is 23.9 Å². The van der Waals surface area contributed by atoms with Crippen LogP contribution in [-0.2, 0) is 23.9 Å². The van der Waals surface area contributed by atoms with Crippen molar-refractivity contribution in [3.63, 3.8) is 0 Å². The van der Waals surface area contributed by atoms with Crippen molar-refractivity contribution in [2.75, 3.05) is 13.2 Å². The number of rotatable bonds is 12. The largest absolute Gasteiger partial charge is 0.375 e. The van der Waals surface area contributed by atoms with Gasteiger partial charge in [0.2, 0.25) is 17.7 Å². The molecule has 0 spiro atoms. The first kappa shape index (κ1) is 28.2. The van der Waals surface area contributed by atoms with E-state index in [4.69, 9.17) is 4.74 Å². The standard InChI is InChI=1S/C21H36N2O5.C2H6/c1-7-16-14-18(26)23(19(16)27)12-9-17(25)22-20(3,4)11-13-28-21(5,6)10-8-15(2)24;1-2/h16H,7-14H2,1-6H3,(H,22,25);1-2H3. The zero-order valence-electron chi connectivity index (χ0n) is 20.2. The fourth-order valence-corrected chi connectivity index (χ4v) is 3.15. The van der Waals surface area contributed by atoms with Crippen LogP contribution in [-0.4, -0.2) is 52.7 Å². The van der Waals surface area contributed by atoms with Gasteiger partial charge in [0.15, 0.2) is 0 Å². The molecule has 30 heavy (non-hydrogen) atoms. The van der Waals surface area contributed by atoms with Gasteiger partial charge in [-0.25, -0.2) is 0 Å². The highest BCUT2D eigenvalue weighted by molar-refractivity contribution is 6.03. The summed E-state index contributed by atoms with van der Waals surface area (Å²) in [6, 6.07) is 0. The number of carbonyl (C=O) groups excluding carboxylic acids is 4. The first-order valence-corrected chi connectivity index (χ1v) is 11.2. The van der Waals surface area contributed by atoms with Crippen molar-refractivity contribution in [1.29, 1.82) is 0 Å². The number of Topliss-reactive ketones (excluding diaryl/α,β-unsaturated/α-hetero) is 1. The van der Waals surface area contributed by atoms with Gasteiger partial charge in [-0.3, -0.25) is 19.3 Å². The second kappa shape index (κ2) is 12.8. The van der Waals surface area contributed by atoms with Gasteiger partial charge >= 0.3 is 0 Å². The van der Waals surface area contributed by atoms with Crippen LogP contribution in [0, 0.1) is 5.92 Å². The number of amides is 3. The summed E-state index contributed by atoms with van der Waals surface area (Å²) in [7, 11) is 0. The summed E-state index contributed by atoms with van der Waals surface area (Å²) in [6.07, 6.45) is 2.75. The Morgan fingerprint density at radius 2 is 1.70 bits per heavy atom. The lowest BCUT2D eigenvalue weighted by molar-refractivity contribution is -0.139. The number of carbonyl (C=O) groups is 4. The minimum atomic E-state index is -0.473. The Balaban J connectivity index is 0.00000407. The van der Waals surface area contributed by atoms with Crippen LogP contribution in [0.4, 0.5) is 0 Å². The van der Waals surface area contributed by atoms with Crippen molar-refractivity contribution in [2.24, 2.45) is 5.92 Å². The van der Waals surface area contributed by atoms with Crippen LogP contribution >= 0.6 is 0 Å². The van der Waals surface area contributed by atoms with E-state index in [9.17, 15) is 19.2 Å². The lowest BCUT2D eigenvalue weighted by Gasteiger charge is -2.30. The van der Waals surface area contributed by atoms with E-state index in [1.54, 1.807) is 6.92 Å². The van der Waals surface area contributed by atoms with Gasteiger partial charge in [-0.15, -0.1) is 0 Å². The van der Waals surface area contributed by atoms with E-state index in [-0.39, 0.29) is 48.8 Å². The van der Waals surface area contributed by atoms with Crippen LogP contribution in [0.5, 0.6) is 0 Å². The normalized spacial score (nSPS) is 16.9. The molecule has 0 aromatic carbocycles. The molecular weight excluding hydrogens is 384 g/mol. The molecule has 0 radical (unpaired) electrons. The van der Waals surface area contributed by atoms with Crippen LogP contribution in [0.3, 0.4) is 0 Å². The average Bonchev–Trinajstić information content (AvgIpc) is 2.92. The highest BCUT2D eigenvalue weighted by atomic mass is 16.5. The number of nitrogens with zero attached hydrogens (tertiary/aromatic N) is 1. The number of likely N-dealkylation sites (tertiary alicyclic amines) is 1. The molecule has 1 rings (SSSR count). The molecule has 0 aromatic heterocycles. The Morgan fingerprint density at radius 3 is 2.20 bits per heavy atom. The van der Waals surface area contributed by atoms with Gasteiger partial charge in [-0.2, -0.15) is 0 Å². The van der Waals surface area contributed by atoms with E-state index in [1.807, 2.05) is 48.5 Å². The molecule has 0 saturated carbocycles. The summed E-state index contributed by atoms with van der Waals surface area (Å²) in [4.78, 5) is 48.6. The minimum Gasteiger partial charge on any atom is -0.375 e. The average molecular weight is 427 g/mol. The first-order chi connectivity index (χ1) is 13.9. The number of ether oxygens (including phenoxy) is 1. The molecule has 3 amide bonds. The minimum absolute atomic E-state index is 0.0995. The van der Waals surface area contributed by atoms with Crippen molar-refractivity contribution in [3.8, 4) is 0 Å². The van der Waals surface area contributed by atoms with Crippen LogP contribution in [0.2, 0.25) is 0 Å². The Hall–Kier alpha value is -1.76. The number of nitrogens with one attached hydrogen (secondary N) is 1.